The summed E-state index contributed by atoms with van der Waals surface area (Å²) in [5.74, 6) is 0.243. The van der Waals surface area contributed by atoms with E-state index in [4.69, 9.17) is 0 Å². The molecule has 0 aliphatic carbocycles. The number of thioether (sulfide) groups is 1. The van der Waals surface area contributed by atoms with Crippen molar-refractivity contribution in [2.24, 2.45) is 0 Å². The van der Waals surface area contributed by atoms with E-state index in [0.29, 0.717) is 5.75 Å². The SMILES string of the molecule is O=C(CSCc1ccc(Br)cc1)Nc1ccccc1C(F)(F)F. The second-order valence-corrected chi connectivity index (χ2v) is 6.61. The zero-order valence-corrected chi connectivity index (χ0v) is 14.3. The Hall–Kier alpha value is -1.47. The maximum atomic E-state index is 12.8. The van der Waals surface area contributed by atoms with E-state index in [0.717, 1.165) is 16.1 Å². The van der Waals surface area contributed by atoms with Crippen molar-refractivity contribution in [3.05, 3.63) is 64.1 Å². The third-order valence-corrected chi connectivity index (χ3v) is 4.45. The number of hydrogen-bond acceptors (Lipinski definition) is 2. The van der Waals surface area contributed by atoms with Gasteiger partial charge in [0, 0.05) is 10.2 Å². The molecular weight excluding hydrogens is 391 g/mol. The average molecular weight is 404 g/mol. The molecule has 0 saturated carbocycles. The van der Waals surface area contributed by atoms with Crippen molar-refractivity contribution < 1.29 is 18.0 Å². The molecule has 0 radical (unpaired) electrons. The van der Waals surface area contributed by atoms with E-state index in [1.165, 1.54) is 30.0 Å². The molecule has 1 N–H and O–H groups in total. The summed E-state index contributed by atoms with van der Waals surface area (Å²) in [6.45, 7) is 0. The van der Waals surface area contributed by atoms with Crippen LogP contribution in [-0.4, -0.2) is 11.7 Å². The molecule has 2 nitrogen and oxygen atoms in total. The lowest BCUT2D eigenvalue weighted by atomic mass is 10.1. The maximum absolute atomic E-state index is 12.8. The van der Waals surface area contributed by atoms with Crippen molar-refractivity contribution >= 4 is 39.3 Å². The van der Waals surface area contributed by atoms with Crippen molar-refractivity contribution in [2.75, 3.05) is 11.1 Å². The van der Waals surface area contributed by atoms with Crippen LogP contribution in [0.2, 0.25) is 0 Å². The zero-order valence-electron chi connectivity index (χ0n) is 11.9. The summed E-state index contributed by atoms with van der Waals surface area (Å²) >= 11 is 4.68. The third kappa shape index (κ3) is 5.58. The van der Waals surface area contributed by atoms with E-state index in [2.05, 4.69) is 21.2 Å². The van der Waals surface area contributed by atoms with Crippen molar-refractivity contribution in [1.29, 1.82) is 0 Å². The molecule has 23 heavy (non-hydrogen) atoms. The highest BCUT2D eigenvalue weighted by atomic mass is 79.9. The number of alkyl halides is 3. The van der Waals surface area contributed by atoms with Crippen LogP contribution in [0.5, 0.6) is 0 Å². The van der Waals surface area contributed by atoms with Crippen LogP contribution in [0.1, 0.15) is 11.1 Å². The fourth-order valence-electron chi connectivity index (χ4n) is 1.87. The lowest BCUT2D eigenvalue weighted by Gasteiger charge is -2.13. The molecule has 0 aliphatic rings. The molecule has 0 fully saturated rings. The molecule has 1 amide bonds. The Labute approximate surface area is 144 Å². The number of para-hydroxylation sites is 1. The Kier molecular flexibility index (Phi) is 6.12. The number of nitrogens with one attached hydrogen (secondary N) is 1. The molecule has 2 rings (SSSR count). The summed E-state index contributed by atoms with van der Waals surface area (Å²) in [6, 6.07) is 12.6. The van der Waals surface area contributed by atoms with Crippen LogP contribution < -0.4 is 5.32 Å². The van der Waals surface area contributed by atoms with Crippen molar-refractivity contribution in [3.8, 4) is 0 Å². The summed E-state index contributed by atoms with van der Waals surface area (Å²) in [6.07, 6.45) is -4.49. The van der Waals surface area contributed by atoms with Gasteiger partial charge in [0.15, 0.2) is 0 Å². The Bertz CT molecular complexity index is 674. The van der Waals surface area contributed by atoms with E-state index in [9.17, 15) is 18.0 Å². The highest BCUT2D eigenvalue weighted by Gasteiger charge is 2.33. The van der Waals surface area contributed by atoms with Crippen LogP contribution in [0.15, 0.2) is 53.0 Å². The normalized spacial score (nSPS) is 11.3. The summed E-state index contributed by atoms with van der Waals surface area (Å²) in [4.78, 5) is 11.8. The smallest absolute Gasteiger partial charge is 0.325 e. The topological polar surface area (TPSA) is 29.1 Å². The fraction of sp³-hybridized carbons (Fsp3) is 0.188. The predicted molar refractivity (Wildman–Crippen MR) is 90.4 cm³/mol. The minimum atomic E-state index is -4.49. The van der Waals surface area contributed by atoms with E-state index < -0.39 is 17.6 Å². The second-order valence-electron chi connectivity index (χ2n) is 4.71. The summed E-state index contributed by atoms with van der Waals surface area (Å²) in [7, 11) is 0. The summed E-state index contributed by atoms with van der Waals surface area (Å²) < 4.78 is 39.5. The molecule has 0 bridgehead atoms. The number of amides is 1. The first kappa shape index (κ1) is 17.9. The maximum Gasteiger partial charge on any atom is 0.418 e. The van der Waals surface area contributed by atoms with Gasteiger partial charge in [-0.1, -0.05) is 40.2 Å². The highest BCUT2D eigenvalue weighted by molar-refractivity contribution is 9.10. The van der Waals surface area contributed by atoms with Crippen LogP contribution in [-0.2, 0) is 16.7 Å². The molecule has 2 aromatic carbocycles. The minimum Gasteiger partial charge on any atom is -0.325 e. The predicted octanol–water partition coefficient (Wildman–Crippen LogP) is 5.34. The number of carbonyl (C=O) groups is 1. The van der Waals surface area contributed by atoms with Gasteiger partial charge in [0.25, 0.3) is 0 Å². The molecule has 0 atom stereocenters. The quantitative estimate of drug-likeness (QED) is 0.729. The van der Waals surface area contributed by atoms with E-state index in [1.54, 1.807) is 0 Å². The van der Waals surface area contributed by atoms with Gasteiger partial charge in [0.05, 0.1) is 17.0 Å². The lowest BCUT2D eigenvalue weighted by molar-refractivity contribution is -0.137. The zero-order chi connectivity index (χ0) is 16.9. The van der Waals surface area contributed by atoms with Gasteiger partial charge in [-0.2, -0.15) is 13.2 Å². The van der Waals surface area contributed by atoms with Gasteiger partial charge in [-0.15, -0.1) is 11.8 Å². The van der Waals surface area contributed by atoms with Gasteiger partial charge in [-0.25, -0.2) is 0 Å². The van der Waals surface area contributed by atoms with Crippen molar-refractivity contribution in [2.45, 2.75) is 11.9 Å². The largest absolute Gasteiger partial charge is 0.418 e. The Morgan fingerprint density at radius 2 is 1.74 bits per heavy atom. The van der Waals surface area contributed by atoms with Crippen LogP contribution in [0.4, 0.5) is 18.9 Å². The monoisotopic (exact) mass is 403 g/mol. The minimum absolute atomic E-state index is 0.0856. The van der Waals surface area contributed by atoms with E-state index in [-0.39, 0.29) is 11.4 Å². The number of hydrogen-bond donors (Lipinski definition) is 1. The van der Waals surface area contributed by atoms with Crippen LogP contribution in [0.3, 0.4) is 0 Å². The van der Waals surface area contributed by atoms with Crippen molar-refractivity contribution in [1.82, 2.24) is 0 Å². The first-order chi connectivity index (χ1) is 10.9. The number of anilines is 1. The Balaban J connectivity index is 1.89. The van der Waals surface area contributed by atoms with E-state index in [1.807, 2.05) is 24.3 Å². The Morgan fingerprint density at radius 1 is 1.09 bits per heavy atom. The van der Waals surface area contributed by atoms with Gasteiger partial charge in [-0.3, -0.25) is 4.79 Å². The molecular formula is C16H13BrF3NOS. The number of halogens is 4. The molecule has 122 valence electrons. The lowest BCUT2D eigenvalue weighted by Crippen LogP contribution is -2.18. The molecule has 0 unspecified atom stereocenters. The average Bonchev–Trinajstić information content (AvgIpc) is 2.49. The van der Waals surface area contributed by atoms with Gasteiger partial charge in [0.2, 0.25) is 5.91 Å². The second kappa shape index (κ2) is 7.88. The van der Waals surface area contributed by atoms with E-state index >= 15 is 0 Å². The third-order valence-electron chi connectivity index (χ3n) is 2.92. The van der Waals surface area contributed by atoms with Crippen LogP contribution in [0, 0.1) is 0 Å². The number of carbonyl (C=O) groups excluding carboxylic acids is 1. The first-order valence-electron chi connectivity index (χ1n) is 6.64. The molecule has 2 aromatic rings. The first-order valence-corrected chi connectivity index (χ1v) is 8.59. The van der Waals surface area contributed by atoms with Crippen LogP contribution in [0.25, 0.3) is 0 Å². The van der Waals surface area contributed by atoms with Crippen molar-refractivity contribution in [3.63, 3.8) is 0 Å². The Morgan fingerprint density at radius 3 is 2.39 bits per heavy atom. The molecule has 0 heterocycles. The summed E-state index contributed by atoms with van der Waals surface area (Å²) in [5.41, 5.74) is -0.0119. The van der Waals surface area contributed by atoms with Gasteiger partial charge in [-0.05, 0) is 29.8 Å². The van der Waals surface area contributed by atoms with Crippen LogP contribution >= 0.6 is 27.7 Å². The molecule has 0 aliphatic heterocycles. The molecule has 0 aromatic heterocycles. The van der Waals surface area contributed by atoms with Gasteiger partial charge in [0.1, 0.15) is 0 Å². The molecule has 7 heteroatoms. The number of rotatable bonds is 5. The fourth-order valence-corrected chi connectivity index (χ4v) is 2.92. The highest BCUT2D eigenvalue weighted by Crippen LogP contribution is 2.34. The standard InChI is InChI=1S/C16H13BrF3NOS/c17-12-7-5-11(6-8-12)9-23-10-15(22)21-14-4-2-1-3-13(14)16(18,19)20/h1-8H,9-10H2,(H,21,22). The van der Waals surface area contributed by atoms with Gasteiger partial charge < -0.3 is 5.32 Å². The van der Waals surface area contributed by atoms with Gasteiger partial charge >= 0.3 is 6.18 Å². The molecule has 0 saturated heterocycles. The number of benzene rings is 2. The summed E-state index contributed by atoms with van der Waals surface area (Å²) in [5, 5.41) is 2.33. The molecule has 0 spiro atoms.